The van der Waals surface area contributed by atoms with Gasteiger partial charge in [-0.1, -0.05) is 18.2 Å². The highest BCUT2D eigenvalue weighted by Crippen LogP contribution is 2.25. The largest absolute Gasteiger partial charge is 0.354 e. The molecule has 4 heteroatoms. The third kappa shape index (κ3) is 2.31. The van der Waals surface area contributed by atoms with Crippen LogP contribution in [-0.4, -0.2) is 23.6 Å². The van der Waals surface area contributed by atoms with E-state index in [1.807, 2.05) is 31.2 Å². The van der Waals surface area contributed by atoms with Crippen molar-refractivity contribution < 1.29 is 0 Å². The van der Waals surface area contributed by atoms with E-state index in [-0.39, 0.29) is 11.6 Å². The second kappa shape index (κ2) is 5.29. The highest BCUT2D eigenvalue weighted by molar-refractivity contribution is 5.83. The molecule has 1 aliphatic heterocycles. The first kappa shape index (κ1) is 13.2. The maximum Gasteiger partial charge on any atom is 0.257 e. The van der Waals surface area contributed by atoms with Gasteiger partial charge in [0.25, 0.3) is 5.56 Å². The molecule has 106 valence electrons. The molecule has 20 heavy (non-hydrogen) atoms. The van der Waals surface area contributed by atoms with Gasteiger partial charge in [0, 0.05) is 24.0 Å². The topological polar surface area (TPSA) is 62.1 Å². The van der Waals surface area contributed by atoms with E-state index in [1.165, 1.54) is 6.42 Å². The number of pyridine rings is 1. The molecule has 2 unspecified atom stereocenters. The summed E-state index contributed by atoms with van der Waals surface area (Å²) in [5.41, 5.74) is 6.09. The Morgan fingerprint density at radius 2 is 2.15 bits per heavy atom. The van der Waals surface area contributed by atoms with Crippen molar-refractivity contribution in [3.8, 4) is 0 Å². The molecule has 3 rings (SSSR count). The standard InChI is InChI=1S/C16H21N3O/c1-11(17)14-8-4-5-9-19(14)15-10-12-6-2-3-7-13(12)16(20)18-15/h2-3,6-7,10-11,14H,4-5,8-9,17H2,1H3,(H,18,20). The SMILES string of the molecule is CC(N)C1CCCCN1c1cc2ccccc2c(=O)[nH]1. The third-order valence-corrected chi connectivity index (χ3v) is 4.20. The Kier molecular flexibility index (Phi) is 3.49. The molecule has 1 aliphatic rings. The molecule has 1 aromatic carbocycles. The normalized spacial score (nSPS) is 21.1. The van der Waals surface area contributed by atoms with Gasteiger partial charge in [0.1, 0.15) is 5.82 Å². The summed E-state index contributed by atoms with van der Waals surface area (Å²) < 4.78 is 0. The van der Waals surface area contributed by atoms with Crippen molar-refractivity contribution in [3.63, 3.8) is 0 Å². The minimum atomic E-state index is -0.0212. The number of aromatic amines is 1. The highest BCUT2D eigenvalue weighted by Gasteiger charge is 2.26. The number of benzene rings is 1. The van der Waals surface area contributed by atoms with Crippen LogP contribution in [0.1, 0.15) is 26.2 Å². The summed E-state index contributed by atoms with van der Waals surface area (Å²) in [4.78, 5) is 17.5. The van der Waals surface area contributed by atoms with E-state index in [1.54, 1.807) is 0 Å². The number of aromatic nitrogens is 1. The lowest BCUT2D eigenvalue weighted by Crippen LogP contribution is -2.50. The molecule has 0 saturated carbocycles. The number of nitrogens with two attached hydrogens (primary N) is 1. The van der Waals surface area contributed by atoms with E-state index < -0.39 is 0 Å². The Balaban J connectivity index is 2.06. The van der Waals surface area contributed by atoms with E-state index >= 15 is 0 Å². The highest BCUT2D eigenvalue weighted by atomic mass is 16.1. The van der Waals surface area contributed by atoms with Gasteiger partial charge in [0.2, 0.25) is 0 Å². The van der Waals surface area contributed by atoms with Crippen molar-refractivity contribution in [3.05, 3.63) is 40.7 Å². The minimum absolute atomic E-state index is 0.0212. The number of nitrogens with one attached hydrogen (secondary N) is 1. The Bertz CT molecular complexity index is 662. The first-order valence-electron chi connectivity index (χ1n) is 7.31. The smallest absolute Gasteiger partial charge is 0.257 e. The molecule has 1 saturated heterocycles. The lowest BCUT2D eigenvalue weighted by atomic mass is 9.97. The first-order chi connectivity index (χ1) is 9.66. The zero-order valence-electron chi connectivity index (χ0n) is 11.8. The summed E-state index contributed by atoms with van der Waals surface area (Å²) in [6, 6.07) is 10.2. The molecule has 2 heterocycles. The molecular weight excluding hydrogens is 250 g/mol. The van der Waals surface area contributed by atoms with Crippen LogP contribution in [-0.2, 0) is 0 Å². The molecule has 0 spiro atoms. The van der Waals surface area contributed by atoms with Crippen LogP contribution in [0.2, 0.25) is 0 Å². The van der Waals surface area contributed by atoms with Crippen LogP contribution >= 0.6 is 0 Å². The van der Waals surface area contributed by atoms with Gasteiger partial charge in [0.05, 0.1) is 0 Å². The molecule has 1 fully saturated rings. The molecule has 1 aromatic heterocycles. The molecular formula is C16H21N3O. The lowest BCUT2D eigenvalue weighted by molar-refractivity contribution is 0.411. The Morgan fingerprint density at radius 3 is 2.95 bits per heavy atom. The summed E-state index contributed by atoms with van der Waals surface area (Å²) in [6.45, 7) is 3.00. The number of nitrogens with zero attached hydrogens (tertiary/aromatic N) is 1. The number of piperidine rings is 1. The predicted molar refractivity (Wildman–Crippen MR) is 83.2 cm³/mol. The molecule has 4 nitrogen and oxygen atoms in total. The van der Waals surface area contributed by atoms with Gasteiger partial charge in [-0.15, -0.1) is 0 Å². The maximum absolute atomic E-state index is 12.2. The third-order valence-electron chi connectivity index (χ3n) is 4.20. The van der Waals surface area contributed by atoms with Gasteiger partial charge in [-0.25, -0.2) is 0 Å². The molecule has 0 amide bonds. The zero-order valence-corrected chi connectivity index (χ0v) is 11.8. The molecule has 2 atom stereocenters. The first-order valence-corrected chi connectivity index (χ1v) is 7.31. The average molecular weight is 271 g/mol. The van der Waals surface area contributed by atoms with Crippen molar-refractivity contribution in [2.24, 2.45) is 5.73 Å². The summed E-state index contributed by atoms with van der Waals surface area (Å²) >= 11 is 0. The van der Waals surface area contributed by atoms with Crippen LogP contribution < -0.4 is 16.2 Å². The van der Waals surface area contributed by atoms with E-state index in [4.69, 9.17) is 5.73 Å². The quantitative estimate of drug-likeness (QED) is 0.880. The second-order valence-electron chi connectivity index (χ2n) is 5.69. The van der Waals surface area contributed by atoms with Crippen molar-refractivity contribution in [1.82, 2.24) is 4.98 Å². The number of H-pyrrole nitrogens is 1. The Labute approximate surface area is 118 Å². The van der Waals surface area contributed by atoms with Crippen molar-refractivity contribution in [2.45, 2.75) is 38.3 Å². The Hall–Kier alpha value is -1.81. The van der Waals surface area contributed by atoms with Gasteiger partial charge in [0.15, 0.2) is 0 Å². The fourth-order valence-corrected chi connectivity index (χ4v) is 3.15. The van der Waals surface area contributed by atoms with Crippen LogP contribution in [0.5, 0.6) is 0 Å². The van der Waals surface area contributed by atoms with E-state index in [0.717, 1.165) is 36.0 Å². The summed E-state index contributed by atoms with van der Waals surface area (Å²) in [5, 5.41) is 1.73. The maximum atomic E-state index is 12.2. The van der Waals surface area contributed by atoms with Crippen molar-refractivity contribution in [2.75, 3.05) is 11.4 Å². The van der Waals surface area contributed by atoms with Gasteiger partial charge in [-0.05, 0) is 43.7 Å². The number of hydrogen-bond acceptors (Lipinski definition) is 3. The fraction of sp³-hybridized carbons (Fsp3) is 0.438. The number of anilines is 1. The average Bonchev–Trinajstić information content (AvgIpc) is 2.47. The molecule has 0 radical (unpaired) electrons. The minimum Gasteiger partial charge on any atom is -0.354 e. The number of rotatable bonds is 2. The second-order valence-corrected chi connectivity index (χ2v) is 5.69. The van der Waals surface area contributed by atoms with E-state index in [2.05, 4.69) is 16.0 Å². The van der Waals surface area contributed by atoms with Crippen LogP contribution in [0, 0.1) is 0 Å². The molecule has 0 bridgehead atoms. The summed E-state index contributed by atoms with van der Waals surface area (Å²) in [7, 11) is 0. The summed E-state index contributed by atoms with van der Waals surface area (Å²) in [6.07, 6.45) is 3.45. The molecule has 0 aliphatic carbocycles. The predicted octanol–water partition coefficient (Wildman–Crippen LogP) is 2.23. The Morgan fingerprint density at radius 1 is 1.35 bits per heavy atom. The summed E-state index contributed by atoms with van der Waals surface area (Å²) in [5.74, 6) is 0.899. The monoisotopic (exact) mass is 271 g/mol. The number of hydrogen-bond donors (Lipinski definition) is 2. The van der Waals surface area contributed by atoms with Gasteiger partial charge in [-0.2, -0.15) is 0 Å². The van der Waals surface area contributed by atoms with Crippen LogP contribution in [0.25, 0.3) is 10.8 Å². The molecule has 2 aromatic rings. The van der Waals surface area contributed by atoms with E-state index in [0.29, 0.717) is 6.04 Å². The zero-order chi connectivity index (χ0) is 14.1. The van der Waals surface area contributed by atoms with Gasteiger partial charge in [-0.3, -0.25) is 4.79 Å². The van der Waals surface area contributed by atoms with Crippen molar-refractivity contribution >= 4 is 16.6 Å². The van der Waals surface area contributed by atoms with Gasteiger partial charge >= 0.3 is 0 Å². The lowest BCUT2D eigenvalue weighted by Gasteiger charge is -2.39. The molecule has 3 N–H and O–H groups in total. The van der Waals surface area contributed by atoms with Crippen LogP contribution in [0.3, 0.4) is 0 Å². The van der Waals surface area contributed by atoms with Crippen LogP contribution in [0.4, 0.5) is 5.82 Å². The van der Waals surface area contributed by atoms with Gasteiger partial charge < -0.3 is 15.6 Å². The fourth-order valence-electron chi connectivity index (χ4n) is 3.15. The van der Waals surface area contributed by atoms with Crippen molar-refractivity contribution in [1.29, 1.82) is 0 Å². The number of fused-ring (bicyclic) bond motifs is 1. The van der Waals surface area contributed by atoms with E-state index in [9.17, 15) is 4.79 Å². The van der Waals surface area contributed by atoms with Crippen LogP contribution in [0.15, 0.2) is 35.1 Å².